The highest BCUT2D eigenvalue weighted by Gasteiger charge is 2.34. The zero-order valence-corrected chi connectivity index (χ0v) is 17.5. The van der Waals surface area contributed by atoms with Crippen molar-refractivity contribution >= 4 is 28.6 Å². The van der Waals surface area contributed by atoms with E-state index < -0.39 is 34.9 Å². The number of hydrogen-bond acceptors (Lipinski definition) is 3. The number of hydrogen-bond donors (Lipinski definition) is 1. The molecule has 2 aromatic carbocycles. The summed E-state index contributed by atoms with van der Waals surface area (Å²) in [5, 5.41) is 9.98. The van der Waals surface area contributed by atoms with E-state index in [0.29, 0.717) is 6.07 Å². The summed E-state index contributed by atoms with van der Waals surface area (Å²) in [7, 11) is 0. The van der Waals surface area contributed by atoms with E-state index in [9.17, 15) is 23.5 Å². The van der Waals surface area contributed by atoms with Crippen LogP contribution in [-0.2, 0) is 0 Å². The van der Waals surface area contributed by atoms with Crippen LogP contribution in [0.25, 0.3) is 16.6 Å². The van der Waals surface area contributed by atoms with Gasteiger partial charge in [0.15, 0.2) is 0 Å². The first-order valence-corrected chi connectivity index (χ1v) is 9.49. The minimum absolute atomic E-state index is 0.0112. The number of nitrogens with zero attached hydrogens (tertiary/aromatic N) is 3. The van der Waals surface area contributed by atoms with Gasteiger partial charge < -0.3 is 5.11 Å². The van der Waals surface area contributed by atoms with E-state index in [0.717, 1.165) is 21.6 Å². The summed E-state index contributed by atoms with van der Waals surface area (Å²) in [6.07, 6.45) is -1.23. The van der Waals surface area contributed by atoms with E-state index in [1.165, 1.54) is 6.07 Å². The first-order valence-electron chi connectivity index (χ1n) is 9.11. The number of aromatic nitrogens is 2. The second-order valence-corrected chi connectivity index (χ2v) is 8.28. The third-order valence-corrected chi connectivity index (χ3v) is 4.98. The molecule has 1 unspecified atom stereocenters. The first kappa shape index (κ1) is 21.7. The molecule has 3 aromatic rings. The van der Waals surface area contributed by atoms with E-state index >= 15 is 0 Å². The summed E-state index contributed by atoms with van der Waals surface area (Å²) in [5.74, 6) is -1.77. The zero-order valence-electron chi connectivity index (χ0n) is 16.8. The molecule has 0 radical (unpaired) electrons. The smallest absolute Gasteiger partial charge is 0.408 e. The zero-order chi connectivity index (χ0) is 22.4. The first-order chi connectivity index (χ1) is 13.9. The van der Waals surface area contributed by atoms with E-state index in [-0.39, 0.29) is 27.4 Å². The van der Waals surface area contributed by atoms with Gasteiger partial charge in [-0.2, -0.15) is 0 Å². The van der Waals surface area contributed by atoms with Crippen LogP contribution in [0.1, 0.15) is 39.6 Å². The summed E-state index contributed by atoms with van der Waals surface area (Å²) < 4.78 is 28.9. The molecule has 0 fully saturated rings. The molecular weight excluding hydrogens is 416 g/mol. The molecule has 0 saturated heterocycles. The summed E-state index contributed by atoms with van der Waals surface area (Å²) in [4.78, 5) is 31.0. The minimum atomic E-state index is -1.23. The Bertz CT molecular complexity index is 1180. The van der Waals surface area contributed by atoms with Crippen molar-refractivity contribution in [3.05, 3.63) is 69.2 Å². The summed E-state index contributed by atoms with van der Waals surface area (Å²) in [6, 6.07) is 6.39. The largest absolute Gasteiger partial charge is 0.465 e. The maximum absolute atomic E-state index is 13.9. The second kappa shape index (κ2) is 7.68. The third kappa shape index (κ3) is 3.87. The Morgan fingerprint density at radius 1 is 1.20 bits per heavy atom. The molecule has 30 heavy (non-hydrogen) atoms. The Hall–Kier alpha value is -3.00. The van der Waals surface area contributed by atoms with Gasteiger partial charge in [0.25, 0.3) is 5.56 Å². The number of carboxylic acid groups (broad SMARTS) is 1. The van der Waals surface area contributed by atoms with Crippen LogP contribution in [0.4, 0.5) is 13.6 Å². The van der Waals surface area contributed by atoms with Gasteiger partial charge in [0.2, 0.25) is 0 Å². The SMILES string of the molecule is CC(c1nc2cccc(Cl)c2c(=O)n1-c1cc(F)cc(F)c1)N(C(=O)O)C(C)(C)C. The van der Waals surface area contributed by atoms with Gasteiger partial charge in [0, 0.05) is 11.6 Å². The lowest BCUT2D eigenvalue weighted by atomic mass is 10.0. The van der Waals surface area contributed by atoms with Crippen molar-refractivity contribution in [1.29, 1.82) is 0 Å². The molecule has 0 aliphatic carbocycles. The Labute approximate surface area is 176 Å². The van der Waals surface area contributed by atoms with E-state index in [2.05, 4.69) is 4.98 Å². The van der Waals surface area contributed by atoms with Gasteiger partial charge in [0.1, 0.15) is 17.5 Å². The number of benzene rings is 2. The molecule has 1 atom stereocenters. The third-order valence-electron chi connectivity index (χ3n) is 4.67. The topological polar surface area (TPSA) is 75.4 Å². The lowest BCUT2D eigenvalue weighted by Crippen LogP contribution is -2.47. The molecule has 1 aromatic heterocycles. The maximum Gasteiger partial charge on any atom is 0.408 e. The van der Waals surface area contributed by atoms with E-state index in [1.807, 2.05) is 0 Å². The fraction of sp³-hybridized carbons (Fsp3) is 0.286. The van der Waals surface area contributed by atoms with Crippen LogP contribution in [0, 0.1) is 11.6 Å². The molecule has 0 spiro atoms. The fourth-order valence-corrected chi connectivity index (χ4v) is 3.80. The lowest BCUT2D eigenvalue weighted by molar-refractivity contribution is 0.0719. The Balaban J connectivity index is 2.43. The Morgan fingerprint density at radius 3 is 2.33 bits per heavy atom. The van der Waals surface area contributed by atoms with Crippen molar-refractivity contribution in [3.8, 4) is 5.69 Å². The molecule has 6 nitrogen and oxygen atoms in total. The highest BCUT2D eigenvalue weighted by atomic mass is 35.5. The molecule has 9 heteroatoms. The maximum atomic E-state index is 13.9. The van der Waals surface area contributed by atoms with Gasteiger partial charge >= 0.3 is 6.09 Å². The van der Waals surface area contributed by atoms with Crippen molar-refractivity contribution in [1.82, 2.24) is 14.5 Å². The van der Waals surface area contributed by atoms with Crippen molar-refractivity contribution in [2.75, 3.05) is 0 Å². The standard InChI is InChI=1S/C21H20ClF2N3O3/c1-11(27(20(29)30)21(2,3)4)18-25-16-7-5-6-15(22)17(16)19(28)26(18)14-9-12(23)8-13(24)10-14/h5-11H,1-4H3,(H,29,30). The van der Waals surface area contributed by atoms with Crippen LogP contribution >= 0.6 is 11.6 Å². The van der Waals surface area contributed by atoms with Crippen molar-refractivity contribution in [2.45, 2.75) is 39.3 Å². The van der Waals surface area contributed by atoms with Gasteiger partial charge in [0.05, 0.1) is 27.7 Å². The van der Waals surface area contributed by atoms with Gasteiger partial charge in [-0.3, -0.25) is 14.3 Å². The van der Waals surface area contributed by atoms with Crippen LogP contribution in [0.5, 0.6) is 0 Å². The molecule has 1 N–H and O–H groups in total. The lowest BCUT2D eigenvalue weighted by Gasteiger charge is -2.38. The molecule has 3 rings (SSSR count). The van der Waals surface area contributed by atoms with Gasteiger partial charge in [-0.25, -0.2) is 18.6 Å². The molecular formula is C21H20ClF2N3O3. The number of rotatable bonds is 3. The average molecular weight is 436 g/mol. The molecule has 1 heterocycles. The normalized spacial score (nSPS) is 12.8. The van der Waals surface area contributed by atoms with E-state index in [4.69, 9.17) is 11.6 Å². The molecule has 0 aliphatic rings. The predicted octanol–water partition coefficient (Wildman–Crippen LogP) is 5.16. The van der Waals surface area contributed by atoms with Crippen molar-refractivity contribution in [2.24, 2.45) is 0 Å². The number of fused-ring (bicyclic) bond motifs is 1. The minimum Gasteiger partial charge on any atom is -0.465 e. The summed E-state index contributed by atoms with van der Waals surface area (Å²) in [6.45, 7) is 6.64. The van der Waals surface area contributed by atoms with Crippen LogP contribution in [0.15, 0.2) is 41.2 Å². The molecule has 158 valence electrons. The van der Waals surface area contributed by atoms with Gasteiger partial charge in [-0.1, -0.05) is 17.7 Å². The van der Waals surface area contributed by atoms with Crippen molar-refractivity contribution in [3.63, 3.8) is 0 Å². The van der Waals surface area contributed by atoms with Gasteiger partial charge in [-0.05, 0) is 52.0 Å². The van der Waals surface area contributed by atoms with Crippen LogP contribution in [0.3, 0.4) is 0 Å². The molecule has 1 amide bonds. The number of halogens is 3. The Kier molecular flexibility index (Phi) is 5.56. The molecule has 0 aliphatic heterocycles. The number of carbonyl (C=O) groups is 1. The second-order valence-electron chi connectivity index (χ2n) is 7.87. The van der Waals surface area contributed by atoms with Crippen LogP contribution in [-0.4, -0.2) is 31.2 Å². The predicted molar refractivity (Wildman–Crippen MR) is 110 cm³/mol. The molecule has 0 saturated carbocycles. The summed E-state index contributed by atoms with van der Waals surface area (Å²) in [5.41, 5.74) is -1.36. The fourth-order valence-electron chi connectivity index (χ4n) is 3.55. The van der Waals surface area contributed by atoms with E-state index in [1.54, 1.807) is 39.8 Å². The number of amides is 1. The van der Waals surface area contributed by atoms with Crippen LogP contribution in [0.2, 0.25) is 5.02 Å². The van der Waals surface area contributed by atoms with Crippen molar-refractivity contribution < 1.29 is 18.7 Å². The van der Waals surface area contributed by atoms with Gasteiger partial charge in [-0.15, -0.1) is 0 Å². The highest BCUT2D eigenvalue weighted by molar-refractivity contribution is 6.35. The highest BCUT2D eigenvalue weighted by Crippen LogP contribution is 2.30. The average Bonchev–Trinajstić information content (AvgIpc) is 2.58. The molecule has 0 bridgehead atoms. The Morgan fingerprint density at radius 2 is 1.80 bits per heavy atom. The quantitative estimate of drug-likeness (QED) is 0.616. The monoisotopic (exact) mass is 435 g/mol. The summed E-state index contributed by atoms with van der Waals surface area (Å²) >= 11 is 6.20. The van der Waals surface area contributed by atoms with Crippen LogP contribution < -0.4 is 5.56 Å².